The molecule has 0 fully saturated rings. The lowest BCUT2D eigenvalue weighted by Gasteiger charge is -2.09. The fourth-order valence-corrected chi connectivity index (χ4v) is 1.99. The third-order valence-electron chi connectivity index (χ3n) is 2.04. The van der Waals surface area contributed by atoms with Gasteiger partial charge in [-0.2, -0.15) is 9.64 Å². The summed E-state index contributed by atoms with van der Waals surface area (Å²) in [5.74, 6) is 0. The van der Waals surface area contributed by atoms with Gasteiger partial charge < -0.3 is 10.2 Å². The summed E-state index contributed by atoms with van der Waals surface area (Å²) in [5, 5.41) is 13.0. The normalized spacial score (nSPS) is 10.3. The molecule has 0 radical (unpaired) electrons. The molecule has 0 atom stereocenters. The molecule has 0 aliphatic rings. The Morgan fingerprint density at radius 2 is 2.27 bits per heavy atom. The average Bonchev–Trinajstić information content (AvgIpc) is 2.53. The topological polar surface area (TPSA) is 52.0 Å². The summed E-state index contributed by atoms with van der Waals surface area (Å²) in [5.41, 5.74) is 1.50. The molecule has 1 aromatic rings. The largest absolute Gasteiger partial charge is 0.375 e. The van der Waals surface area contributed by atoms with Gasteiger partial charge in [0, 0.05) is 6.54 Å². The molecule has 0 unspecified atom stereocenters. The Kier molecular flexibility index (Phi) is 4.53. The van der Waals surface area contributed by atoms with Crippen molar-refractivity contribution < 1.29 is 0 Å². The summed E-state index contributed by atoms with van der Waals surface area (Å²) in [6.07, 6.45) is 1.06. The van der Waals surface area contributed by atoms with Gasteiger partial charge in [0.25, 0.3) is 0 Å². The van der Waals surface area contributed by atoms with Crippen LogP contribution in [0.1, 0.15) is 17.7 Å². The van der Waals surface area contributed by atoms with E-state index in [0.29, 0.717) is 5.56 Å². The van der Waals surface area contributed by atoms with E-state index in [0.717, 1.165) is 30.2 Å². The monoisotopic (exact) mass is 224 g/mol. The second-order valence-corrected chi connectivity index (χ2v) is 4.44. The third-order valence-corrected chi connectivity index (χ3v) is 2.94. The van der Waals surface area contributed by atoms with Crippen LogP contribution < -0.4 is 5.32 Å². The molecule has 1 rings (SSSR count). The maximum absolute atomic E-state index is 8.90. The number of hydrogen-bond donors (Lipinski definition) is 1. The molecule has 1 heterocycles. The standard InChI is InChI=1S/C10H16N4S/c1-8-9(7-11)10(15-13-8)12-5-4-6-14(2)3/h12H,4-6H2,1-3H3. The van der Waals surface area contributed by atoms with Crippen LogP contribution >= 0.6 is 11.5 Å². The molecule has 0 saturated heterocycles. The van der Waals surface area contributed by atoms with Crippen molar-refractivity contribution in [3.8, 4) is 6.07 Å². The first kappa shape index (κ1) is 12.0. The van der Waals surface area contributed by atoms with Crippen LogP contribution in [0.15, 0.2) is 0 Å². The summed E-state index contributed by atoms with van der Waals surface area (Å²) in [6.45, 7) is 3.79. The second-order valence-electron chi connectivity index (χ2n) is 3.67. The third kappa shape index (κ3) is 3.50. The molecule has 0 bridgehead atoms. The van der Waals surface area contributed by atoms with Gasteiger partial charge in [-0.1, -0.05) is 0 Å². The highest BCUT2D eigenvalue weighted by atomic mass is 32.1. The molecule has 0 aliphatic heterocycles. The number of aryl methyl sites for hydroxylation is 1. The van der Waals surface area contributed by atoms with Gasteiger partial charge in [-0.15, -0.1) is 0 Å². The maximum Gasteiger partial charge on any atom is 0.127 e. The Balaban J connectivity index is 2.41. The number of nitrogens with zero attached hydrogens (tertiary/aromatic N) is 3. The van der Waals surface area contributed by atoms with Crippen molar-refractivity contribution >= 4 is 16.5 Å². The molecular formula is C10H16N4S. The molecule has 15 heavy (non-hydrogen) atoms. The molecule has 4 nitrogen and oxygen atoms in total. The van der Waals surface area contributed by atoms with E-state index < -0.39 is 0 Å². The van der Waals surface area contributed by atoms with Crippen molar-refractivity contribution in [2.75, 3.05) is 32.5 Å². The Hall–Kier alpha value is -1.12. The van der Waals surface area contributed by atoms with Gasteiger partial charge in [-0.3, -0.25) is 0 Å². The van der Waals surface area contributed by atoms with Gasteiger partial charge >= 0.3 is 0 Å². The quantitative estimate of drug-likeness (QED) is 0.773. The number of anilines is 1. The van der Waals surface area contributed by atoms with Crippen LogP contribution in [0.3, 0.4) is 0 Å². The van der Waals surface area contributed by atoms with Gasteiger partial charge in [0.2, 0.25) is 0 Å². The number of nitriles is 1. The SMILES string of the molecule is Cc1nsc(NCCCN(C)C)c1C#N. The number of hydrogen-bond acceptors (Lipinski definition) is 5. The van der Waals surface area contributed by atoms with Crippen LogP contribution in [0.2, 0.25) is 0 Å². The van der Waals surface area contributed by atoms with Gasteiger partial charge in [-0.25, -0.2) is 0 Å². The summed E-state index contributed by atoms with van der Waals surface area (Å²) in [6, 6.07) is 2.17. The highest BCUT2D eigenvalue weighted by Gasteiger charge is 2.08. The molecule has 0 aliphatic carbocycles. The van der Waals surface area contributed by atoms with Crippen LogP contribution in [-0.2, 0) is 0 Å². The van der Waals surface area contributed by atoms with E-state index in [2.05, 4.69) is 34.8 Å². The van der Waals surface area contributed by atoms with Crippen molar-refractivity contribution in [3.63, 3.8) is 0 Å². The van der Waals surface area contributed by atoms with Crippen LogP contribution in [0.4, 0.5) is 5.00 Å². The Labute approximate surface area is 94.7 Å². The summed E-state index contributed by atoms with van der Waals surface area (Å²) in [7, 11) is 4.11. The first-order valence-corrected chi connectivity index (χ1v) is 5.67. The van der Waals surface area contributed by atoms with E-state index in [1.165, 1.54) is 11.5 Å². The average molecular weight is 224 g/mol. The van der Waals surface area contributed by atoms with Crippen molar-refractivity contribution in [1.29, 1.82) is 5.26 Å². The minimum Gasteiger partial charge on any atom is -0.375 e. The highest BCUT2D eigenvalue weighted by Crippen LogP contribution is 2.22. The smallest absolute Gasteiger partial charge is 0.127 e. The van der Waals surface area contributed by atoms with E-state index in [-0.39, 0.29) is 0 Å². The van der Waals surface area contributed by atoms with Crippen LogP contribution in [0.25, 0.3) is 0 Å². The number of rotatable bonds is 5. The molecular weight excluding hydrogens is 208 g/mol. The fourth-order valence-electron chi connectivity index (χ4n) is 1.22. The summed E-state index contributed by atoms with van der Waals surface area (Å²) in [4.78, 5) is 2.14. The van der Waals surface area contributed by atoms with Crippen LogP contribution in [0, 0.1) is 18.3 Å². The maximum atomic E-state index is 8.90. The molecule has 0 amide bonds. The molecule has 0 saturated carbocycles. The van der Waals surface area contributed by atoms with E-state index in [1.807, 2.05) is 6.92 Å². The Morgan fingerprint density at radius 3 is 2.87 bits per heavy atom. The molecule has 0 spiro atoms. The van der Waals surface area contributed by atoms with Gasteiger partial charge in [0.1, 0.15) is 16.6 Å². The minimum absolute atomic E-state index is 0.685. The second kappa shape index (κ2) is 5.69. The van der Waals surface area contributed by atoms with E-state index in [1.54, 1.807) is 0 Å². The van der Waals surface area contributed by atoms with Crippen molar-refractivity contribution in [2.24, 2.45) is 0 Å². The minimum atomic E-state index is 0.685. The summed E-state index contributed by atoms with van der Waals surface area (Å²) < 4.78 is 4.15. The zero-order chi connectivity index (χ0) is 11.3. The zero-order valence-corrected chi connectivity index (χ0v) is 10.2. The van der Waals surface area contributed by atoms with Crippen molar-refractivity contribution in [3.05, 3.63) is 11.3 Å². The predicted molar refractivity (Wildman–Crippen MR) is 63.2 cm³/mol. The number of nitrogens with one attached hydrogen (secondary N) is 1. The lowest BCUT2D eigenvalue weighted by atomic mass is 10.3. The first-order chi connectivity index (χ1) is 7.15. The van der Waals surface area contributed by atoms with Crippen molar-refractivity contribution in [1.82, 2.24) is 9.27 Å². The highest BCUT2D eigenvalue weighted by molar-refractivity contribution is 7.10. The van der Waals surface area contributed by atoms with E-state index in [4.69, 9.17) is 5.26 Å². The number of aromatic nitrogens is 1. The molecule has 1 aromatic heterocycles. The van der Waals surface area contributed by atoms with E-state index >= 15 is 0 Å². The van der Waals surface area contributed by atoms with Gasteiger partial charge in [0.15, 0.2) is 0 Å². The molecule has 0 aromatic carbocycles. The summed E-state index contributed by atoms with van der Waals surface area (Å²) >= 11 is 1.36. The van der Waals surface area contributed by atoms with E-state index in [9.17, 15) is 0 Å². The zero-order valence-electron chi connectivity index (χ0n) is 9.37. The lowest BCUT2D eigenvalue weighted by molar-refractivity contribution is 0.405. The lowest BCUT2D eigenvalue weighted by Crippen LogP contribution is -2.16. The fraction of sp³-hybridized carbons (Fsp3) is 0.600. The van der Waals surface area contributed by atoms with Gasteiger partial charge in [0.05, 0.1) is 5.69 Å². The van der Waals surface area contributed by atoms with Gasteiger partial charge in [-0.05, 0) is 45.5 Å². The Bertz CT molecular complexity index is 351. The first-order valence-electron chi connectivity index (χ1n) is 4.90. The van der Waals surface area contributed by atoms with Crippen LogP contribution in [-0.4, -0.2) is 36.5 Å². The van der Waals surface area contributed by atoms with Crippen LogP contribution in [0.5, 0.6) is 0 Å². The molecule has 1 N–H and O–H groups in total. The Morgan fingerprint density at radius 1 is 1.53 bits per heavy atom. The molecule has 82 valence electrons. The molecule has 5 heteroatoms. The van der Waals surface area contributed by atoms with Crippen molar-refractivity contribution in [2.45, 2.75) is 13.3 Å². The predicted octanol–water partition coefficient (Wildman–Crippen LogP) is 1.69.